The standard InChI is InChI=1S/C13H19N5S/c1-2-14-9-4-3-5-10(6-9)19-13-11-12(16-7-15-11)17-8-18-13/h7-10,14H,2-6H2,1H3,(H,15,16,17,18). The summed E-state index contributed by atoms with van der Waals surface area (Å²) in [7, 11) is 0. The Morgan fingerprint density at radius 2 is 2.32 bits per heavy atom. The second-order valence-corrected chi connectivity index (χ2v) is 6.23. The second-order valence-electron chi connectivity index (χ2n) is 4.94. The third kappa shape index (κ3) is 2.90. The van der Waals surface area contributed by atoms with Crippen LogP contribution in [0.3, 0.4) is 0 Å². The minimum Gasteiger partial charge on any atom is -0.341 e. The maximum Gasteiger partial charge on any atom is 0.181 e. The first kappa shape index (κ1) is 12.9. The van der Waals surface area contributed by atoms with Crippen LogP contribution in [0.5, 0.6) is 0 Å². The smallest absolute Gasteiger partial charge is 0.181 e. The number of aromatic nitrogens is 4. The Bertz CT molecular complexity index is 539. The van der Waals surface area contributed by atoms with Gasteiger partial charge in [0.1, 0.15) is 16.9 Å². The van der Waals surface area contributed by atoms with Gasteiger partial charge in [-0.05, 0) is 25.8 Å². The van der Waals surface area contributed by atoms with Crippen molar-refractivity contribution in [3.05, 3.63) is 12.7 Å². The van der Waals surface area contributed by atoms with Crippen LogP contribution < -0.4 is 5.32 Å². The third-order valence-corrected chi connectivity index (χ3v) is 4.88. The predicted molar refractivity (Wildman–Crippen MR) is 77.3 cm³/mol. The monoisotopic (exact) mass is 277 g/mol. The van der Waals surface area contributed by atoms with Gasteiger partial charge in [-0.1, -0.05) is 13.3 Å². The Balaban J connectivity index is 1.72. The Labute approximate surface area is 117 Å². The van der Waals surface area contributed by atoms with Crippen molar-refractivity contribution in [1.82, 2.24) is 25.3 Å². The van der Waals surface area contributed by atoms with Crippen LogP contribution in [0.1, 0.15) is 32.6 Å². The number of thioether (sulfide) groups is 1. The fraction of sp³-hybridized carbons (Fsp3) is 0.615. The topological polar surface area (TPSA) is 66.5 Å². The number of fused-ring (bicyclic) bond motifs is 1. The van der Waals surface area contributed by atoms with E-state index in [4.69, 9.17) is 0 Å². The fourth-order valence-corrected chi connectivity index (χ4v) is 4.02. The van der Waals surface area contributed by atoms with Gasteiger partial charge < -0.3 is 10.3 Å². The summed E-state index contributed by atoms with van der Waals surface area (Å²) in [5.74, 6) is 0. The van der Waals surface area contributed by atoms with Gasteiger partial charge in [0.25, 0.3) is 0 Å². The maximum atomic E-state index is 4.40. The van der Waals surface area contributed by atoms with E-state index in [9.17, 15) is 0 Å². The van der Waals surface area contributed by atoms with Crippen LogP contribution in [0.4, 0.5) is 0 Å². The van der Waals surface area contributed by atoms with Gasteiger partial charge in [0, 0.05) is 11.3 Å². The Morgan fingerprint density at radius 1 is 1.37 bits per heavy atom. The minimum absolute atomic E-state index is 0.638. The number of hydrogen-bond donors (Lipinski definition) is 2. The molecule has 2 unspecified atom stereocenters. The van der Waals surface area contributed by atoms with Gasteiger partial charge in [-0.15, -0.1) is 11.8 Å². The lowest BCUT2D eigenvalue weighted by atomic mass is 9.95. The lowest BCUT2D eigenvalue weighted by Gasteiger charge is -2.28. The van der Waals surface area contributed by atoms with Crippen molar-refractivity contribution in [2.75, 3.05) is 6.54 Å². The van der Waals surface area contributed by atoms with Crippen molar-refractivity contribution in [2.45, 2.75) is 48.9 Å². The van der Waals surface area contributed by atoms with E-state index in [0.29, 0.717) is 11.3 Å². The van der Waals surface area contributed by atoms with Crippen molar-refractivity contribution in [2.24, 2.45) is 0 Å². The molecule has 2 aromatic heterocycles. The molecule has 2 heterocycles. The highest BCUT2D eigenvalue weighted by Gasteiger charge is 2.23. The van der Waals surface area contributed by atoms with Gasteiger partial charge in [0.15, 0.2) is 5.65 Å². The number of imidazole rings is 1. The minimum atomic E-state index is 0.638. The quantitative estimate of drug-likeness (QED) is 0.840. The molecule has 0 saturated heterocycles. The molecule has 1 aliphatic rings. The average Bonchev–Trinajstić information content (AvgIpc) is 2.89. The zero-order valence-corrected chi connectivity index (χ0v) is 11.9. The predicted octanol–water partition coefficient (Wildman–Crippen LogP) is 2.37. The van der Waals surface area contributed by atoms with Crippen LogP contribution in [-0.2, 0) is 0 Å². The van der Waals surface area contributed by atoms with E-state index in [0.717, 1.165) is 22.7 Å². The molecule has 6 heteroatoms. The number of rotatable bonds is 4. The van der Waals surface area contributed by atoms with Crippen LogP contribution in [0.2, 0.25) is 0 Å². The van der Waals surface area contributed by atoms with Crippen molar-refractivity contribution in [3.63, 3.8) is 0 Å². The molecular formula is C13H19N5S. The van der Waals surface area contributed by atoms with Gasteiger partial charge in [0.2, 0.25) is 0 Å². The summed E-state index contributed by atoms with van der Waals surface area (Å²) in [6, 6.07) is 0.662. The molecule has 2 aromatic rings. The normalized spacial score (nSPS) is 23.8. The molecular weight excluding hydrogens is 258 g/mol. The van der Waals surface area contributed by atoms with Crippen LogP contribution >= 0.6 is 11.8 Å². The first-order valence-corrected chi connectivity index (χ1v) is 7.79. The van der Waals surface area contributed by atoms with Crippen LogP contribution in [-0.4, -0.2) is 37.8 Å². The Morgan fingerprint density at radius 3 is 3.21 bits per heavy atom. The molecule has 0 amide bonds. The zero-order chi connectivity index (χ0) is 13.1. The summed E-state index contributed by atoms with van der Waals surface area (Å²) in [4.78, 5) is 15.9. The summed E-state index contributed by atoms with van der Waals surface area (Å²) in [6.07, 6.45) is 8.38. The van der Waals surface area contributed by atoms with Crippen molar-refractivity contribution < 1.29 is 0 Å². The summed E-state index contributed by atoms with van der Waals surface area (Å²) >= 11 is 1.87. The van der Waals surface area contributed by atoms with Crippen molar-refractivity contribution >= 4 is 22.9 Å². The van der Waals surface area contributed by atoms with E-state index in [1.54, 1.807) is 12.7 Å². The highest BCUT2D eigenvalue weighted by Crippen LogP contribution is 2.34. The van der Waals surface area contributed by atoms with Gasteiger partial charge in [-0.3, -0.25) is 0 Å². The third-order valence-electron chi connectivity index (χ3n) is 3.59. The van der Waals surface area contributed by atoms with E-state index in [1.807, 2.05) is 11.8 Å². The molecule has 2 N–H and O–H groups in total. The number of aromatic amines is 1. The van der Waals surface area contributed by atoms with Gasteiger partial charge in [-0.25, -0.2) is 15.0 Å². The SMILES string of the molecule is CCNC1CCCC(Sc2ncnc3nc[nH]c23)C1. The second kappa shape index (κ2) is 5.88. The molecule has 5 nitrogen and oxygen atoms in total. The van der Waals surface area contributed by atoms with Crippen molar-refractivity contribution in [1.29, 1.82) is 0 Å². The number of nitrogens with zero attached hydrogens (tertiary/aromatic N) is 3. The first-order chi connectivity index (χ1) is 9.36. The molecule has 2 atom stereocenters. The Hall–Kier alpha value is -1.14. The highest BCUT2D eigenvalue weighted by molar-refractivity contribution is 8.00. The van der Waals surface area contributed by atoms with Crippen LogP contribution in [0.25, 0.3) is 11.2 Å². The Kier molecular flexibility index (Phi) is 3.98. The summed E-state index contributed by atoms with van der Waals surface area (Å²) in [6.45, 7) is 3.23. The first-order valence-electron chi connectivity index (χ1n) is 6.91. The van der Waals surface area contributed by atoms with Gasteiger partial charge in [-0.2, -0.15) is 0 Å². The highest BCUT2D eigenvalue weighted by atomic mass is 32.2. The zero-order valence-electron chi connectivity index (χ0n) is 11.1. The van der Waals surface area contributed by atoms with E-state index >= 15 is 0 Å². The molecule has 0 bridgehead atoms. The van der Waals surface area contributed by atoms with E-state index in [1.165, 1.54) is 25.7 Å². The maximum absolute atomic E-state index is 4.40. The molecule has 0 aliphatic heterocycles. The molecule has 1 aliphatic carbocycles. The van der Waals surface area contributed by atoms with Crippen molar-refractivity contribution in [3.8, 4) is 0 Å². The van der Waals surface area contributed by atoms with Crippen LogP contribution in [0, 0.1) is 0 Å². The van der Waals surface area contributed by atoms with Gasteiger partial charge in [0.05, 0.1) is 6.33 Å². The molecule has 0 aromatic carbocycles. The summed E-state index contributed by atoms with van der Waals surface area (Å²) in [5, 5.41) is 5.24. The average molecular weight is 277 g/mol. The van der Waals surface area contributed by atoms with E-state index in [-0.39, 0.29) is 0 Å². The molecule has 19 heavy (non-hydrogen) atoms. The number of nitrogens with one attached hydrogen (secondary N) is 2. The lowest BCUT2D eigenvalue weighted by molar-refractivity contribution is 0.387. The van der Waals surface area contributed by atoms with Crippen LogP contribution in [0.15, 0.2) is 17.7 Å². The largest absolute Gasteiger partial charge is 0.341 e. The summed E-state index contributed by atoms with van der Waals surface area (Å²) in [5.41, 5.74) is 1.73. The molecule has 102 valence electrons. The van der Waals surface area contributed by atoms with E-state index in [2.05, 4.69) is 32.2 Å². The summed E-state index contributed by atoms with van der Waals surface area (Å²) < 4.78 is 0. The van der Waals surface area contributed by atoms with Gasteiger partial charge >= 0.3 is 0 Å². The fourth-order valence-electron chi connectivity index (χ4n) is 2.72. The molecule has 3 rings (SSSR count). The van der Waals surface area contributed by atoms with E-state index < -0.39 is 0 Å². The number of H-pyrrole nitrogens is 1. The number of hydrogen-bond acceptors (Lipinski definition) is 5. The molecule has 1 saturated carbocycles. The molecule has 1 fully saturated rings. The molecule has 0 radical (unpaired) electrons. The lowest BCUT2D eigenvalue weighted by Crippen LogP contribution is -2.34. The molecule has 0 spiro atoms.